The molecule has 1 unspecified atom stereocenters. The van der Waals surface area contributed by atoms with E-state index in [1.807, 2.05) is 0 Å². The smallest absolute Gasteiger partial charge is 0.240 e. The minimum absolute atomic E-state index is 0.00760. The standard InChI is InChI=1S/C13H23N3O2/c1-3-5-6-15-12(17)10-11-13(18)16(8-4-2)9-7-14-11/h4,11,14H,2-3,5-10H2,1H3,(H,15,17). The van der Waals surface area contributed by atoms with Crippen molar-refractivity contribution in [2.45, 2.75) is 32.2 Å². The number of nitrogens with one attached hydrogen (secondary N) is 2. The fourth-order valence-electron chi connectivity index (χ4n) is 1.95. The first-order valence-corrected chi connectivity index (χ1v) is 6.58. The van der Waals surface area contributed by atoms with Gasteiger partial charge in [0.25, 0.3) is 0 Å². The molecule has 102 valence electrons. The quantitative estimate of drug-likeness (QED) is 0.506. The van der Waals surface area contributed by atoms with Gasteiger partial charge in [0.1, 0.15) is 0 Å². The Balaban J connectivity index is 2.38. The molecule has 0 aromatic heterocycles. The minimum atomic E-state index is -0.389. The van der Waals surface area contributed by atoms with E-state index in [9.17, 15) is 9.59 Å². The Labute approximate surface area is 109 Å². The van der Waals surface area contributed by atoms with Crippen LogP contribution in [0.3, 0.4) is 0 Å². The largest absolute Gasteiger partial charge is 0.356 e. The van der Waals surface area contributed by atoms with Crippen LogP contribution >= 0.6 is 0 Å². The van der Waals surface area contributed by atoms with Crippen molar-refractivity contribution in [3.8, 4) is 0 Å². The molecule has 1 heterocycles. The predicted molar refractivity (Wildman–Crippen MR) is 71.1 cm³/mol. The third-order valence-corrected chi connectivity index (χ3v) is 2.97. The molecule has 5 heteroatoms. The van der Waals surface area contributed by atoms with E-state index < -0.39 is 0 Å². The Morgan fingerprint density at radius 2 is 2.44 bits per heavy atom. The van der Waals surface area contributed by atoms with Crippen molar-refractivity contribution in [2.75, 3.05) is 26.2 Å². The zero-order valence-electron chi connectivity index (χ0n) is 11.1. The molecule has 2 N–H and O–H groups in total. The van der Waals surface area contributed by atoms with Gasteiger partial charge in [-0.05, 0) is 6.42 Å². The Kier molecular flexibility index (Phi) is 6.43. The molecule has 1 aliphatic heterocycles. The van der Waals surface area contributed by atoms with E-state index in [0.29, 0.717) is 19.6 Å². The van der Waals surface area contributed by atoms with E-state index in [2.05, 4.69) is 24.1 Å². The molecule has 1 rings (SSSR count). The predicted octanol–water partition coefficient (Wildman–Crippen LogP) is 0.279. The Hall–Kier alpha value is -1.36. The van der Waals surface area contributed by atoms with E-state index in [-0.39, 0.29) is 24.3 Å². The molecule has 0 aromatic carbocycles. The molecular formula is C13H23N3O2. The zero-order chi connectivity index (χ0) is 13.4. The van der Waals surface area contributed by atoms with Gasteiger partial charge < -0.3 is 15.5 Å². The third kappa shape index (κ3) is 4.49. The maximum atomic E-state index is 12.0. The summed E-state index contributed by atoms with van der Waals surface area (Å²) in [6.45, 7) is 8.35. The molecule has 0 aliphatic carbocycles. The number of rotatable bonds is 7. The van der Waals surface area contributed by atoms with Gasteiger partial charge in [-0.2, -0.15) is 0 Å². The molecule has 1 saturated heterocycles. The highest BCUT2D eigenvalue weighted by Gasteiger charge is 2.29. The molecule has 2 amide bonds. The van der Waals surface area contributed by atoms with Crippen LogP contribution in [0.5, 0.6) is 0 Å². The Morgan fingerprint density at radius 3 is 3.11 bits per heavy atom. The van der Waals surface area contributed by atoms with Crippen molar-refractivity contribution in [1.82, 2.24) is 15.5 Å². The van der Waals surface area contributed by atoms with Gasteiger partial charge in [0.05, 0.1) is 12.5 Å². The highest BCUT2D eigenvalue weighted by Crippen LogP contribution is 2.05. The summed E-state index contributed by atoms with van der Waals surface area (Å²) < 4.78 is 0. The summed E-state index contributed by atoms with van der Waals surface area (Å²) in [4.78, 5) is 25.4. The lowest BCUT2D eigenvalue weighted by Gasteiger charge is -2.32. The molecule has 0 aromatic rings. The molecule has 18 heavy (non-hydrogen) atoms. The summed E-state index contributed by atoms with van der Waals surface area (Å²) in [5.41, 5.74) is 0. The van der Waals surface area contributed by atoms with Gasteiger partial charge in [-0.25, -0.2) is 0 Å². The number of amides is 2. The lowest BCUT2D eigenvalue weighted by atomic mass is 10.1. The zero-order valence-corrected chi connectivity index (χ0v) is 11.1. The molecule has 0 bridgehead atoms. The van der Waals surface area contributed by atoms with Crippen LogP contribution in [0.15, 0.2) is 12.7 Å². The molecule has 1 atom stereocenters. The van der Waals surface area contributed by atoms with Gasteiger partial charge >= 0.3 is 0 Å². The monoisotopic (exact) mass is 253 g/mol. The highest BCUT2D eigenvalue weighted by atomic mass is 16.2. The summed E-state index contributed by atoms with van der Waals surface area (Å²) >= 11 is 0. The summed E-state index contributed by atoms with van der Waals surface area (Å²) in [6.07, 6.45) is 3.95. The van der Waals surface area contributed by atoms with Gasteiger partial charge in [0, 0.05) is 26.2 Å². The molecule has 5 nitrogen and oxygen atoms in total. The van der Waals surface area contributed by atoms with Crippen molar-refractivity contribution in [3.63, 3.8) is 0 Å². The maximum absolute atomic E-state index is 12.0. The van der Waals surface area contributed by atoms with Crippen LogP contribution < -0.4 is 10.6 Å². The minimum Gasteiger partial charge on any atom is -0.356 e. The third-order valence-electron chi connectivity index (χ3n) is 2.97. The number of hydrogen-bond donors (Lipinski definition) is 2. The fourth-order valence-corrected chi connectivity index (χ4v) is 1.95. The number of piperazine rings is 1. The van der Waals surface area contributed by atoms with Crippen molar-refractivity contribution in [2.24, 2.45) is 0 Å². The van der Waals surface area contributed by atoms with Gasteiger partial charge in [0.2, 0.25) is 11.8 Å². The van der Waals surface area contributed by atoms with Crippen LogP contribution in [0.4, 0.5) is 0 Å². The molecule has 1 aliphatic rings. The second kappa shape index (κ2) is 7.87. The van der Waals surface area contributed by atoms with E-state index in [4.69, 9.17) is 0 Å². The van der Waals surface area contributed by atoms with Gasteiger partial charge in [0.15, 0.2) is 0 Å². The highest BCUT2D eigenvalue weighted by molar-refractivity contribution is 5.89. The lowest BCUT2D eigenvalue weighted by Crippen LogP contribution is -2.56. The molecular weight excluding hydrogens is 230 g/mol. The number of carbonyl (C=O) groups is 2. The Bertz CT molecular complexity index is 305. The first kappa shape index (κ1) is 14.7. The van der Waals surface area contributed by atoms with Crippen LogP contribution in [-0.2, 0) is 9.59 Å². The molecule has 0 saturated carbocycles. The van der Waals surface area contributed by atoms with Crippen molar-refractivity contribution < 1.29 is 9.59 Å². The first-order chi connectivity index (χ1) is 8.69. The number of carbonyl (C=O) groups excluding carboxylic acids is 2. The summed E-state index contributed by atoms with van der Waals surface area (Å²) in [7, 11) is 0. The second-order valence-electron chi connectivity index (χ2n) is 4.49. The van der Waals surface area contributed by atoms with Crippen LogP contribution in [0, 0.1) is 0 Å². The van der Waals surface area contributed by atoms with Crippen molar-refractivity contribution in [3.05, 3.63) is 12.7 Å². The van der Waals surface area contributed by atoms with Crippen molar-refractivity contribution in [1.29, 1.82) is 0 Å². The van der Waals surface area contributed by atoms with Crippen LogP contribution in [0.2, 0.25) is 0 Å². The van der Waals surface area contributed by atoms with Crippen LogP contribution in [-0.4, -0.2) is 48.9 Å². The van der Waals surface area contributed by atoms with Gasteiger partial charge in [-0.1, -0.05) is 19.4 Å². The fraction of sp³-hybridized carbons (Fsp3) is 0.692. The maximum Gasteiger partial charge on any atom is 0.240 e. The number of hydrogen-bond acceptors (Lipinski definition) is 3. The van der Waals surface area contributed by atoms with Crippen LogP contribution in [0.1, 0.15) is 26.2 Å². The topological polar surface area (TPSA) is 61.4 Å². The molecule has 0 radical (unpaired) electrons. The molecule has 0 spiro atoms. The summed E-state index contributed by atoms with van der Waals surface area (Å²) in [6, 6.07) is -0.389. The Morgan fingerprint density at radius 1 is 1.67 bits per heavy atom. The lowest BCUT2D eigenvalue weighted by molar-refractivity contribution is -0.137. The number of unbranched alkanes of at least 4 members (excludes halogenated alkanes) is 1. The molecule has 1 fully saturated rings. The number of nitrogens with zero attached hydrogens (tertiary/aromatic N) is 1. The van der Waals surface area contributed by atoms with E-state index in [1.54, 1.807) is 11.0 Å². The first-order valence-electron chi connectivity index (χ1n) is 6.58. The normalized spacial score (nSPS) is 19.7. The van der Waals surface area contributed by atoms with Gasteiger partial charge in [-0.3, -0.25) is 9.59 Å². The SMILES string of the molecule is C=CCN1CCNC(CC(=O)NCCCC)C1=O. The van der Waals surface area contributed by atoms with E-state index in [1.165, 1.54) is 0 Å². The van der Waals surface area contributed by atoms with Crippen LogP contribution in [0.25, 0.3) is 0 Å². The summed E-state index contributed by atoms with van der Waals surface area (Å²) in [5.74, 6) is -0.0680. The average molecular weight is 253 g/mol. The van der Waals surface area contributed by atoms with Crippen molar-refractivity contribution >= 4 is 11.8 Å². The van der Waals surface area contributed by atoms with E-state index >= 15 is 0 Å². The second-order valence-corrected chi connectivity index (χ2v) is 4.49. The summed E-state index contributed by atoms with van der Waals surface area (Å²) in [5, 5.41) is 5.92. The van der Waals surface area contributed by atoms with Gasteiger partial charge in [-0.15, -0.1) is 6.58 Å². The average Bonchev–Trinajstić information content (AvgIpc) is 2.35. The van der Waals surface area contributed by atoms with E-state index in [0.717, 1.165) is 19.4 Å².